The minimum Gasteiger partial charge on any atom is -0.462 e. The van der Waals surface area contributed by atoms with E-state index < -0.39 is 97.5 Å². The minimum atomic E-state index is -4.99. The summed E-state index contributed by atoms with van der Waals surface area (Å²) in [5.41, 5.74) is 0. The smallest absolute Gasteiger partial charge is 0.462 e. The molecule has 17 nitrogen and oxygen atoms in total. The molecule has 0 amide bonds. The topological polar surface area (TPSA) is 237 Å². The fourth-order valence-corrected chi connectivity index (χ4v) is 12.7. The lowest BCUT2D eigenvalue weighted by atomic mass is 10.0. The molecule has 5 atom stereocenters. The second kappa shape index (κ2) is 77.1. The van der Waals surface area contributed by atoms with Crippen LogP contribution in [0.5, 0.6) is 0 Å². The number of phosphoric acid groups is 2. The second-order valence-electron chi connectivity index (χ2n) is 27.7. The summed E-state index contributed by atoms with van der Waals surface area (Å²) < 4.78 is 68.7. The van der Waals surface area contributed by atoms with E-state index in [1.807, 2.05) is 0 Å². The molecule has 0 aliphatic heterocycles. The molecule has 0 rings (SSSR count). The number of rotatable bonds is 78. The van der Waals surface area contributed by atoms with E-state index in [1.165, 1.54) is 89.9 Å². The van der Waals surface area contributed by atoms with E-state index in [9.17, 15) is 43.2 Å². The molecule has 0 saturated carbocycles. The maximum Gasteiger partial charge on any atom is 0.472 e. The van der Waals surface area contributed by atoms with E-state index in [1.54, 1.807) is 0 Å². The maximum absolute atomic E-state index is 13.1. The van der Waals surface area contributed by atoms with Gasteiger partial charge in [0.1, 0.15) is 19.3 Å². The Hall–Kier alpha value is -4.02. The fourth-order valence-electron chi connectivity index (χ4n) is 11.2. The van der Waals surface area contributed by atoms with Gasteiger partial charge in [0.05, 0.1) is 26.4 Å². The first-order valence-electron chi connectivity index (χ1n) is 41.5. The van der Waals surface area contributed by atoms with Gasteiger partial charge in [-0.05, 0) is 128 Å². The predicted octanol–water partition coefficient (Wildman–Crippen LogP) is 24.3. The van der Waals surface area contributed by atoms with Gasteiger partial charge in [0, 0.05) is 25.7 Å². The molecule has 0 saturated heterocycles. The van der Waals surface area contributed by atoms with Crippen molar-refractivity contribution in [2.45, 2.75) is 380 Å². The van der Waals surface area contributed by atoms with Crippen molar-refractivity contribution in [2.75, 3.05) is 39.6 Å². The standard InChI is InChI=1S/C85H150O17P2/c1-5-9-13-17-21-25-29-33-35-37-39-41-43-47-50-54-58-62-66-70-83(88)96-76-81(102-85(90)72-68-64-60-56-52-48-44-42-40-38-36-34-30-26-22-18-14-10-6-2)78-100-104(93,94)98-74-79(86)73-97-103(91,92)99-77-80(101-84(89)71-67-63-59-55-51-46-32-28-24-20-16-12-8-4)75-95-82(87)69-65-61-57-53-49-45-31-27-23-19-15-11-7-3/h15,19,21-22,25-27,31,33-36,39-42,79-81,86H,5-14,16-18,20,23-24,28-30,32,37-38,43-78H2,1-4H3,(H,91,92)(H,93,94)/b19-15-,25-21-,26-22-,31-27-,35-33-,36-34-,41-39-,42-40-. The highest BCUT2D eigenvalue weighted by Crippen LogP contribution is 2.45. The van der Waals surface area contributed by atoms with Crippen LogP contribution in [0.1, 0.15) is 362 Å². The van der Waals surface area contributed by atoms with Crippen molar-refractivity contribution in [2.24, 2.45) is 0 Å². The molecule has 0 aliphatic carbocycles. The molecule has 104 heavy (non-hydrogen) atoms. The van der Waals surface area contributed by atoms with Gasteiger partial charge in [-0.1, -0.05) is 305 Å². The Bertz CT molecular complexity index is 2350. The van der Waals surface area contributed by atoms with Crippen molar-refractivity contribution in [3.05, 3.63) is 97.2 Å². The zero-order valence-corrected chi connectivity index (χ0v) is 67.7. The van der Waals surface area contributed by atoms with Crippen molar-refractivity contribution in [1.29, 1.82) is 0 Å². The lowest BCUT2D eigenvalue weighted by molar-refractivity contribution is -0.161. The van der Waals surface area contributed by atoms with Crippen LogP contribution in [0.15, 0.2) is 97.2 Å². The average Bonchev–Trinajstić information content (AvgIpc) is 0.934. The SMILES string of the molecule is CCC/C=C\C/C=C\CCCCCCCC(=O)OCC(COP(=O)(O)OCC(O)COP(=O)(O)OCC(COC(=O)CCCCCCCC/C=C\C/C=C\C/C=C\CCCCC)OC(=O)CCCCCCCC/C=C\C/C=C\C/C=C\CCCCC)OC(=O)CCCCCCCCCCCCCCC. The van der Waals surface area contributed by atoms with Gasteiger partial charge in [0.25, 0.3) is 0 Å². The first kappa shape index (κ1) is 100.0. The van der Waals surface area contributed by atoms with Gasteiger partial charge in [-0.2, -0.15) is 0 Å². The van der Waals surface area contributed by atoms with E-state index in [0.717, 1.165) is 193 Å². The Labute approximate surface area is 633 Å². The first-order chi connectivity index (χ1) is 50.7. The minimum absolute atomic E-state index is 0.0776. The Kier molecular flexibility index (Phi) is 74.2. The summed E-state index contributed by atoms with van der Waals surface area (Å²) in [7, 11) is -9.96. The van der Waals surface area contributed by atoms with Gasteiger partial charge in [-0.15, -0.1) is 0 Å². The normalized spacial score (nSPS) is 14.3. The zero-order valence-electron chi connectivity index (χ0n) is 65.9. The average molecular weight is 1510 g/mol. The lowest BCUT2D eigenvalue weighted by Gasteiger charge is -2.21. The molecule has 0 spiro atoms. The van der Waals surface area contributed by atoms with Crippen LogP contribution in [0.25, 0.3) is 0 Å². The fraction of sp³-hybridized carbons (Fsp3) is 0.765. The van der Waals surface area contributed by atoms with Crippen LogP contribution < -0.4 is 0 Å². The monoisotopic (exact) mass is 1510 g/mol. The van der Waals surface area contributed by atoms with Gasteiger partial charge < -0.3 is 33.8 Å². The maximum atomic E-state index is 13.1. The zero-order chi connectivity index (χ0) is 76.0. The molecule has 5 unspecified atom stereocenters. The largest absolute Gasteiger partial charge is 0.472 e. The van der Waals surface area contributed by atoms with Gasteiger partial charge in [-0.3, -0.25) is 37.3 Å². The third-order valence-electron chi connectivity index (χ3n) is 17.5. The summed E-state index contributed by atoms with van der Waals surface area (Å²) >= 11 is 0. The van der Waals surface area contributed by atoms with Crippen LogP contribution in [-0.2, 0) is 65.4 Å². The van der Waals surface area contributed by atoms with Crippen LogP contribution in [-0.4, -0.2) is 96.7 Å². The number of hydrogen-bond donors (Lipinski definition) is 3. The Morgan fingerprint density at radius 3 is 0.779 bits per heavy atom. The Morgan fingerprint density at radius 2 is 0.490 bits per heavy atom. The van der Waals surface area contributed by atoms with Crippen molar-refractivity contribution < 1.29 is 80.2 Å². The van der Waals surface area contributed by atoms with Crippen molar-refractivity contribution in [1.82, 2.24) is 0 Å². The number of phosphoric ester groups is 2. The summed E-state index contributed by atoms with van der Waals surface area (Å²) in [6, 6.07) is 0. The van der Waals surface area contributed by atoms with Gasteiger partial charge >= 0.3 is 39.5 Å². The molecule has 19 heteroatoms. The van der Waals surface area contributed by atoms with E-state index in [2.05, 4.69) is 125 Å². The van der Waals surface area contributed by atoms with Crippen LogP contribution >= 0.6 is 15.6 Å². The molecule has 0 aromatic carbocycles. The molecule has 0 radical (unpaired) electrons. The highest BCUT2D eigenvalue weighted by atomic mass is 31.2. The Balaban J connectivity index is 5.37. The Morgan fingerprint density at radius 1 is 0.269 bits per heavy atom. The number of ether oxygens (including phenoxy) is 4. The third kappa shape index (κ3) is 76.2. The highest BCUT2D eigenvalue weighted by molar-refractivity contribution is 7.47. The van der Waals surface area contributed by atoms with Gasteiger partial charge in [0.2, 0.25) is 0 Å². The molecule has 0 aromatic heterocycles. The quantitative estimate of drug-likeness (QED) is 0.0169. The van der Waals surface area contributed by atoms with Crippen LogP contribution in [0.4, 0.5) is 0 Å². The summed E-state index contributed by atoms with van der Waals surface area (Å²) in [6.45, 7) is 4.77. The van der Waals surface area contributed by atoms with Crippen molar-refractivity contribution >= 4 is 39.5 Å². The first-order valence-corrected chi connectivity index (χ1v) is 44.5. The molecular weight excluding hydrogens is 1350 g/mol. The van der Waals surface area contributed by atoms with Crippen molar-refractivity contribution in [3.63, 3.8) is 0 Å². The summed E-state index contributed by atoms with van der Waals surface area (Å²) in [4.78, 5) is 73.1. The lowest BCUT2D eigenvalue weighted by Crippen LogP contribution is -2.30. The number of unbranched alkanes of at least 4 members (excludes halogenated alkanes) is 36. The molecule has 0 bridgehead atoms. The molecular formula is C85H150O17P2. The number of hydrogen-bond acceptors (Lipinski definition) is 15. The van der Waals surface area contributed by atoms with E-state index in [-0.39, 0.29) is 25.7 Å². The summed E-state index contributed by atoms with van der Waals surface area (Å²) in [5.74, 6) is -2.20. The van der Waals surface area contributed by atoms with E-state index >= 15 is 0 Å². The number of allylic oxidation sites excluding steroid dienone is 16. The molecule has 0 aromatic rings. The van der Waals surface area contributed by atoms with Crippen LogP contribution in [0, 0.1) is 0 Å². The number of carbonyl (C=O) groups is 4. The van der Waals surface area contributed by atoms with E-state index in [0.29, 0.717) is 25.7 Å². The van der Waals surface area contributed by atoms with Crippen LogP contribution in [0.3, 0.4) is 0 Å². The second-order valence-corrected chi connectivity index (χ2v) is 30.6. The molecule has 3 N–H and O–H groups in total. The number of aliphatic hydroxyl groups excluding tert-OH is 1. The van der Waals surface area contributed by atoms with Crippen LogP contribution in [0.2, 0.25) is 0 Å². The predicted molar refractivity (Wildman–Crippen MR) is 427 cm³/mol. The van der Waals surface area contributed by atoms with Gasteiger partial charge in [0.15, 0.2) is 12.2 Å². The summed E-state index contributed by atoms with van der Waals surface area (Å²) in [6.07, 6.45) is 82.3. The molecule has 0 aliphatic rings. The highest BCUT2D eigenvalue weighted by Gasteiger charge is 2.30. The summed E-state index contributed by atoms with van der Waals surface area (Å²) in [5, 5.41) is 10.7. The number of esters is 4. The molecule has 0 fully saturated rings. The molecule has 0 heterocycles. The molecule has 602 valence electrons. The van der Waals surface area contributed by atoms with Gasteiger partial charge in [-0.25, -0.2) is 9.13 Å². The van der Waals surface area contributed by atoms with E-state index in [4.69, 9.17) is 37.0 Å². The number of carbonyl (C=O) groups excluding carboxylic acids is 4. The third-order valence-corrected chi connectivity index (χ3v) is 19.4. The number of aliphatic hydroxyl groups is 1. The van der Waals surface area contributed by atoms with Crippen molar-refractivity contribution in [3.8, 4) is 0 Å².